The van der Waals surface area contributed by atoms with Crippen molar-refractivity contribution < 1.29 is 23.9 Å². The summed E-state index contributed by atoms with van der Waals surface area (Å²) in [5, 5.41) is 2.15. The lowest BCUT2D eigenvalue weighted by Gasteiger charge is -2.12. The van der Waals surface area contributed by atoms with Gasteiger partial charge < -0.3 is 18.9 Å². The molecule has 5 nitrogen and oxygen atoms in total. The molecule has 0 aliphatic rings. The molecular weight excluding hydrogens is 398 g/mol. The van der Waals surface area contributed by atoms with Crippen LogP contribution in [0.4, 0.5) is 0 Å². The number of pyridine rings is 1. The summed E-state index contributed by atoms with van der Waals surface area (Å²) >= 11 is 3.63. The highest BCUT2D eigenvalue weighted by molar-refractivity contribution is 9.10. The summed E-state index contributed by atoms with van der Waals surface area (Å²) in [5.41, 5.74) is 2.15. The smallest absolute Gasteiger partial charge is 0.192 e. The molecule has 0 aliphatic heterocycles. The van der Waals surface area contributed by atoms with Crippen LogP contribution in [0, 0.1) is 0 Å². The van der Waals surface area contributed by atoms with Gasteiger partial charge in [0.1, 0.15) is 0 Å². The quantitative estimate of drug-likeness (QED) is 0.605. The van der Waals surface area contributed by atoms with Crippen molar-refractivity contribution in [3.05, 3.63) is 52.3 Å². The van der Waals surface area contributed by atoms with Crippen molar-refractivity contribution >= 4 is 26.7 Å². The van der Waals surface area contributed by atoms with Crippen LogP contribution in [0.25, 0.3) is 10.8 Å². The molecule has 0 saturated heterocycles. The standard InChI is InChI=1S/C20H20BrNO4/c1-23-17-8-12-5-6-22-16(14(12)10-19(17)25-3)7-13-9-18(24-2)20(26-4)11-15(13)21/h5-6,8-11H,7H2,1-4H3/p+1. The Kier molecular flexibility index (Phi) is 5.52. The van der Waals surface area contributed by atoms with Gasteiger partial charge in [-0.2, -0.15) is 0 Å². The van der Waals surface area contributed by atoms with Gasteiger partial charge in [-0.15, -0.1) is 0 Å². The third-order valence-corrected chi connectivity index (χ3v) is 5.06. The van der Waals surface area contributed by atoms with Gasteiger partial charge in [-0.05, 0) is 35.2 Å². The Balaban J connectivity index is 2.09. The second-order valence-corrected chi connectivity index (χ2v) is 6.58. The first-order chi connectivity index (χ1) is 12.6. The number of ether oxygens (including phenoxy) is 4. The molecule has 2 aromatic carbocycles. The van der Waals surface area contributed by atoms with Crippen molar-refractivity contribution in [2.45, 2.75) is 6.42 Å². The average molecular weight is 419 g/mol. The highest BCUT2D eigenvalue weighted by Gasteiger charge is 2.17. The number of hydrogen-bond acceptors (Lipinski definition) is 4. The molecule has 0 bridgehead atoms. The molecule has 1 aromatic heterocycles. The normalized spacial score (nSPS) is 10.7. The van der Waals surface area contributed by atoms with Gasteiger partial charge in [-0.25, -0.2) is 4.98 Å². The molecule has 0 aliphatic carbocycles. The van der Waals surface area contributed by atoms with Crippen molar-refractivity contribution in [3.8, 4) is 23.0 Å². The Morgan fingerprint density at radius 2 is 1.38 bits per heavy atom. The molecule has 1 N–H and O–H groups in total. The predicted octanol–water partition coefficient (Wildman–Crippen LogP) is 4.04. The highest BCUT2D eigenvalue weighted by atomic mass is 79.9. The molecule has 0 fully saturated rings. The Morgan fingerprint density at radius 1 is 0.808 bits per heavy atom. The van der Waals surface area contributed by atoms with E-state index in [0.717, 1.165) is 26.5 Å². The third-order valence-electron chi connectivity index (χ3n) is 4.32. The molecular formula is C20H21BrNO4+. The van der Waals surface area contributed by atoms with Crippen molar-refractivity contribution in [3.63, 3.8) is 0 Å². The minimum absolute atomic E-state index is 0.688. The zero-order valence-electron chi connectivity index (χ0n) is 15.2. The first kappa shape index (κ1) is 18.3. The number of aromatic nitrogens is 1. The molecule has 6 heteroatoms. The van der Waals surface area contributed by atoms with Crippen LogP contribution in [-0.2, 0) is 6.42 Å². The van der Waals surface area contributed by atoms with Crippen LogP contribution in [0.3, 0.4) is 0 Å². The third kappa shape index (κ3) is 3.42. The SMILES string of the molecule is COc1cc(Br)c(Cc2[nH+]ccc3cc(OC)c(OC)cc23)cc1OC. The van der Waals surface area contributed by atoms with Crippen LogP contribution in [0.15, 0.2) is 41.0 Å². The van der Waals surface area contributed by atoms with Gasteiger partial charge in [0, 0.05) is 10.5 Å². The molecule has 0 amide bonds. The molecule has 0 saturated carbocycles. The number of halogens is 1. The summed E-state index contributed by atoms with van der Waals surface area (Å²) in [5.74, 6) is 2.80. The van der Waals surface area contributed by atoms with Crippen molar-refractivity contribution in [1.82, 2.24) is 0 Å². The van der Waals surface area contributed by atoms with E-state index < -0.39 is 0 Å². The fourth-order valence-electron chi connectivity index (χ4n) is 2.97. The summed E-state index contributed by atoms with van der Waals surface area (Å²) in [7, 11) is 6.54. The molecule has 0 atom stereocenters. The number of hydrogen-bond donors (Lipinski definition) is 0. The zero-order chi connectivity index (χ0) is 18.7. The maximum atomic E-state index is 5.46. The number of nitrogens with one attached hydrogen (secondary N) is 1. The molecule has 0 spiro atoms. The van der Waals surface area contributed by atoms with Crippen molar-refractivity contribution in [1.29, 1.82) is 0 Å². The van der Waals surface area contributed by atoms with Crippen LogP contribution in [-0.4, -0.2) is 28.4 Å². The summed E-state index contributed by atoms with van der Waals surface area (Å²) in [6, 6.07) is 9.90. The van der Waals surface area contributed by atoms with E-state index in [-0.39, 0.29) is 0 Å². The maximum Gasteiger partial charge on any atom is 0.192 e. The number of benzene rings is 2. The van der Waals surface area contributed by atoms with Gasteiger partial charge >= 0.3 is 0 Å². The summed E-state index contributed by atoms with van der Waals surface area (Å²) in [6.07, 6.45) is 2.62. The van der Waals surface area contributed by atoms with E-state index in [1.54, 1.807) is 28.4 Å². The fraction of sp³-hybridized carbons (Fsp3) is 0.250. The van der Waals surface area contributed by atoms with Crippen LogP contribution in [0.2, 0.25) is 0 Å². The van der Waals surface area contributed by atoms with E-state index in [4.69, 9.17) is 18.9 Å². The van der Waals surface area contributed by atoms with Crippen LogP contribution >= 0.6 is 15.9 Å². The largest absolute Gasteiger partial charge is 0.493 e. The molecule has 26 heavy (non-hydrogen) atoms. The lowest BCUT2D eigenvalue weighted by molar-refractivity contribution is -0.387. The minimum Gasteiger partial charge on any atom is -0.493 e. The number of fused-ring (bicyclic) bond motifs is 1. The van der Waals surface area contributed by atoms with Crippen LogP contribution in [0.5, 0.6) is 23.0 Å². The Hall–Kier alpha value is -2.47. The second-order valence-electron chi connectivity index (χ2n) is 5.73. The van der Waals surface area contributed by atoms with Gasteiger partial charge in [0.25, 0.3) is 0 Å². The number of rotatable bonds is 6. The molecule has 0 radical (unpaired) electrons. The lowest BCUT2D eigenvalue weighted by Crippen LogP contribution is -2.12. The van der Waals surface area contributed by atoms with Gasteiger partial charge in [0.2, 0.25) is 0 Å². The maximum absolute atomic E-state index is 5.46. The highest BCUT2D eigenvalue weighted by Crippen LogP contribution is 2.36. The second kappa shape index (κ2) is 7.83. The Bertz CT molecular complexity index is 943. The van der Waals surface area contributed by atoms with Crippen molar-refractivity contribution in [2.24, 2.45) is 0 Å². The molecule has 1 heterocycles. The summed E-state index contributed by atoms with van der Waals surface area (Å²) in [6.45, 7) is 0. The van der Waals surface area contributed by atoms with E-state index in [9.17, 15) is 0 Å². The fourth-order valence-corrected chi connectivity index (χ4v) is 3.43. The molecule has 0 unspecified atom stereocenters. The monoisotopic (exact) mass is 418 g/mol. The van der Waals surface area contributed by atoms with Gasteiger partial charge in [-0.3, -0.25) is 0 Å². The van der Waals surface area contributed by atoms with Gasteiger partial charge in [0.05, 0.1) is 40.2 Å². The van der Waals surface area contributed by atoms with E-state index in [1.165, 1.54) is 0 Å². The Morgan fingerprint density at radius 3 is 2.04 bits per heavy atom. The lowest BCUT2D eigenvalue weighted by atomic mass is 10.0. The van der Waals surface area contributed by atoms with Gasteiger partial charge in [-0.1, -0.05) is 15.9 Å². The van der Waals surface area contributed by atoms with E-state index >= 15 is 0 Å². The van der Waals surface area contributed by atoms with E-state index in [2.05, 4.69) is 20.9 Å². The topological polar surface area (TPSA) is 51.1 Å². The van der Waals surface area contributed by atoms with Crippen molar-refractivity contribution in [2.75, 3.05) is 28.4 Å². The first-order valence-electron chi connectivity index (χ1n) is 8.07. The molecule has 3 aromatic rings. The molecule has 136 valence electrons. The number of methoxy groups -OCH3 is 4. The molecule has 3 rings (SSSR count). The van der Waals surface area contributed by atoms with Crippen LogP contribution < -0.4 is 23.9 Å². The van der Waals surface area contributed by atoms with Crippen LogP contribution in [0.1, 0.15) is 11.3 Å². The van der Waals surface area contributed by atoms with E-state index in [1.807, 2.05) is 36.5 Å². The first-order valence-corrected chi connectivity index (χ1v) is 8.86. The zero-order valence-corrected chi connectivity index (χ0v) is 16.8. The Labute approximate surface area is 161 Å². The average Bonchev–Trinajstić information content (AvgIpc) is 2.68. The van der Waals surface area contributed by atoms with Gasteiger partial charge in [0.15, 0.2) is 34.9 Å². The minimum atomic E-state index is 0.688. The summed E-state index contributed by atoms with van der Waals surface area (Å²) in [4.78, 5) is 3.35. The number of H-pyrrole nitrogens is 1. The number of aromatic amines is 1. The predicted molar refractivity (Wildman–Crippen MR) is 104 cm³/mol. The van der Waals surface area contributed by atoms with E-state index in [0.29, 0.717) is 29.4 Å². The summed E-state index contributed by atoms with van der Waals surface area (Å²) < 4.78 is 22.6.